The van der Waals surface area contributed by atoms with Crippen LogP contribution >= 0.6 is 0 Å². The summed E-state index contributed by atoms with van der Waals surface area (Å²) in [7, 11) is 0. The average molecular weight is 375 g/mol. The summed E-state index contributed by atoms with van der Waals surface area (Å²) in [6.07, 6.45) is 2.11. The van der Waals surface area contributed by atoms with E-state index < -0.39 is 0 Å². The number of morpholine rings is 1. The van der Waals surface area contributed by atoms with Crippen molar-refractivity contribution < 1.29 is 18.7 Å². The highest BCUT2D eigenvalue weighted by Crippen LogP contribution is 2.14. The Hall–Kier alpha value is -2.74. The van der Waals surface area contributed by atoms with Crippen molar-refractivity contribution in [3.63, 3.8) is 0 Å². The molecule has 1 saturated heterocycles. The zero-order chi connectivity index (χ0) is 19.2. The molecule has 0 bridgehead atoms. The summed E-state index contributed by atoms with van der Waals surface area (Å²) in [5.74, 6) is -0.382. The summed E-state index contributed by atoms with van der Waals surface area (Å²) in [6.45, 7) is 4.23. The highest BCUT2D eigenvalue weighted by atomic mass is 19.1. The van der Waals surface area contributed by atoms with Crippen molar-refractivity contribution in [3.8, 4) is 5.69 Å². The summed E-state index contributed by atoms with van der Waals surface area (Å²) < 4.78 is 25.0. The summed E-state index contributed by atoms with van der Waals surface area (Å²) in [6, 6.07) is 5.67. The van der Waals surface area contributed by atoms with Gasteiger partial charge in [0, 0.05) is 31.4 Å². The van der Waals surface area contributed by atoms with Crippen LogP contribution in [0.3, 0.4) is 0 Å². The molecule has 1 aliphatic heterocycles. The van der Waals surface area contributed by atoms with Gasteiger partial charge >= 0.3 is 5.97 Å². The number of hydrogen-bond donors (Lipinski definition) is 0. The molecular weight excluding hydrogens is 353 g/mol. The van der Waals surface area contributed by atoms with E-state index in [2.05, 4.69) is 4.98 Å². The van der Waals surface area contributed by atoms with E-state index in [1.807, 2.05) is 4.90 Å². The van der Waals surface area contributed by atoms with Crippen LogP contribution in [0.2, 0.25) is 0 Å². The van der Waals surface area contributed by atoms with E-state index >= 15 is 0 Å². The molecule has 144 valence electrons. The van der Waals surface area contributed by atoms with Crippen LogP contribution in [0.5, 0.6) is 0 Å². The fraction of sp³-hybridized carbons (Fsp3) is 0.421. The summed E-state index contributed by atoms with van der Waals surface area (Å²) in [5.41, 5.74) is 0.840. The van der Waals surface area contributed by atoms with Crippen LogP contribution < -0.4 is 10.5 Å². The van der Waals surface area contributed by atoms with Crippen molar-refractivity contribution >= 4 is 11.8 Å². The van der Waals surface area contributed by atoms with Crippen LogP contribution in [0.15, 0.2) is 35.3 Å². The summed E-state index contributed by atoms with van der Waals surface area (Å²) >= 11 is 0. The molecule has 2 heterocycles. The number of aryl methyl sites for hydroxylation is 1. The Morgan fingerprint density at radius 1 is 1.26 bits per heavy atom. The number of halogens is 1. The van der Waals surface area contributed by atoms with E-state index in [1.54, 1.807) is 13.1 Å². The van der Waals surface area contributed by atoms with Gasteiger partial charge in [0.05, 0.1) is 31.9 Å². The first-order valence-corrected chi connectivity index (χ1v) is 8.95. The lowest BCUT2D eigenvalue weighted by molar-refractivity contribution is -0.143. The van der Waals surface area contributed by atoms with E-state index in [0.717, 1.165) is 0 Å². The molecule has 0 spiro atoms. The van der Waals surface area contributed by atoms with Gasteiger partial charge in [-0.3, -0.25) is 14.2 Å². The second-order valence-electron chi connectivity index (χ2n) is 6.11. The monoisotopic (exact) mass is 375 g/mol. The fourth-order valence-electron chi connectivity index (χ4n) is 2.89. The molecule has 0 aliphatic carbocycles. The number of nitrogens with zero attached hydrogens (tertiary/aromatic N) is 3. The average Bonchev–Trinajstić information content (AvgIpc) is 2.69. The van der Waals surface area contributed by atoms with Gasteiger partial charge in [-0.2, -0.15) is 0 Å². The minimum Gasteiger partial charge on any atom is -0.466 e. The lowest BCUT2D eigenvalue weighted by atomic mass is 10.2. The number of carbonyl (C=O) groups is 1. The molecule has 8 heteroatoms. The fourth-order valence-corrected chi connectivity index (χ4v) is 2.89. The zero-order valence-electron chi connectivity index (χ0n) is 15.2. The molecular formula is C19H22FN3O4. The molecule has 3 rings (SSSR count). The molecule has 7 nitrogen and oxygen atoms in total. The third-order valence-electron chi connectivity index (χ3n) is 4.24. The number of rotatable bonds is 6. The van der Waals surface area contributed by atoms with E-state index in [0.29, 0.717) is 56.5 Å². The van der Waals surface area contributed by atoms with E-state index in [9.17, 15) is 14.0 Å². The highest BCUT2D eigenvalue weighted by Gasteiger charge is 2.19. The maximum atomic E-state index is 13.3. The Labute approximate surface area is 156 Å². The van der Waals surface area contributed by atoms with Crippen LogP contribution in [0, 0.1) is 5.82 Å². The third-order valence-corrected chi connectivity index (χ3v) is 4.24. The predicted octanol–water partition coefficient (Wildman–Crippen LogP) is 1.70. The largest absolute Gasteiger partial charge is 0.466 e. The van der Waals surface area contributed by atoms with Gasteiger partial charge in [0.15, 0.2) is 5.82 Å². The molecule has 0 amide bonds. The van der Waals surface area contributed by atoms with Crippen molar-refractivity contribution in [2.45, 2.75) is 19.8 Å². The molecule has 1 fully saturated rings. The lowest BCUT2D eigenvalue weighted by Gasteiger charge is -2.28. The van der Waals surface area contributed by atoms with Crippen molar-refractivity contribution in [2.24, 2.45) is 0 Å². The van der Waals surface area contributed by atoms with Gasteiger partial charge in [-0.05, 0) is 31.2 Å². The van der Waals surface area contributed by atoms with Gasteiger partial charge in [-0.25, -0.2) is 9.37 Å². The molecule has 2 aromatic rings. The quantitative estimate of drug-likeness (QED) is 0.716. The first kappa shape index (κ1) is 19.0. The summed E-state index contributed by atoms with van der Waals surface area (Å²) in [4.78, 5) is 31.0. The maximum Gasteiger partial charge on any atom is 0.306 e. The first-order chi connectivity index (χ1) is 13.1. The Bertz CT molecular complexity index is 845. The van der Waals surface area contributed by atoms with Gasteiger partial charge in [0.25, 0.3) is 5.56 Å². The minimum atomic E-state index is -0.378. The van der Waals surface area contributed by atoms with Gasteiger partial charge < -0.3 is 14.4 Å². The molecule has 0 N–H and O–H groups in total. The van der Waals surface area contributed by atoms with Gasteiger partial charge in [0.1, 0.15) is 5.82 Å². The Morgan fingerprint density at radius 2 is 1.96 bits per heavy atom. The topological polar surface area (TPSA) is 73.7 Å². The van der Waals surface area contributed by atoms with Crippen LogP contribution in [-0.2, 0) is 20.7 Å². The molecule has 1 aromatic heterocycles. The van der Waals surface area contributed by atoms with Crippen molar-refractivity contribution in [2.75, 3.05) is 37.8 Å². The van der Waals surface area contributed by atoms with Crippen molar-refractivity contribution in [1.82, 2.24) is 9.55 Å². The number of ether oxygens (including phenoxy) is 2. The van der Waals surface area contributed by atoms with Crippen LogP contribution in [0.25, 0.3) is 5.69 Å². The molecule has 0 atom stereocenters. The molecule has 27 heavy (non-hydrogen) atoms. The van der Waals surface area contributed by atoms with Gasteiger partial charge in [0.2, 0.25) is 0 Å². The Morgan fingerprint density at radius 3 is 2.63 bits per heavy atom. The summed E-state index contributed by atoms with van der Waals surface area (Å²) in [5, 5.41) is 0. The smallest absolute Gasteiger partial charge is 0.306 e. The Balaban J connectivity index is 1.97. The van der Waals surface area contributed by atoms with E-state index in [1.165, 1.54) is 28.8 Å². The second-order valence-corrected chi connectivity index (χ2v) is 6.11. The van der Waals surface area contributed by atoms with Crippen LogP contribution in [-0.4, -0.2) is 48.4 Å². The normalized spacial score (nSPS) is 14.2. The first-order valence-electron chi connectivity index (χ1n) is 8.95. The number of aromatic nitrogens is 2. The molecule has 1 aromatic carbocycles. The standard InChI is InChI=1S/C19H22FN3O4/c1-2-27-17(24)8-5-15-13-23(16-6-3-14(20)4-7-16)19(25)18(21-15)22-9-11-26-12-10-22/h3-4,6-7,13H,2,5,8-12H2,1H3. The number of esters is 1. The van der Waals surface area contributed by atoms with Gasteiger partial charge in [-0.15, -0.1) is 0 Å². The Kier molecular flexibility index (Phi) is 6.18. The van der Waals surface area contributed by atoms with Crippen LogP contribution in [0.1, 0.15) is 19.0 Å². The third kappa shape index (κ3) is 4.71. The number of hydrogen-bond acceptors (Lipinski definition) is 6. The van der Waals surface area contributed by atoms with Crippen LogP contribution in [0.4, 0.5) is 10.2 Å². The number of carbonyl (C=O) groups excluding carboxylic acids is 1. The molecule has 0 saturated carbocycles. The molecule has 1 aliphatic rings. The number of benzene rings is 1. The maximum absolute atomic E-state index is 13.3. The molecule has 0 radical (unpaired) electrons. The minimum absolute atomic E-state index is 0.172. The molecule has 0 unspecified atom stereocenters. The van der Waals surface area contributed by atoms with Gasteiger partial charge in [-0.1, -0.05) is 0 Å². The number of anilines is 1. The highest BCUT2D eigenvalue weighted by molar-refractivity contribution is 5.69. The van der Waals surface area contributed by atoms with Crippen molar-refractivity contribution in [1.29, 1.82) is 0 Å². The lowest BCUT2D eigenvalue weighted by Crippen LogP contribution is -2.41. The van der Waals surface area contributed by atoms with E-state index in [4.69, 9.17) is 9.47 Å². The predicted molar refractivity (Wildman–Crippen MR) is 97.8 cm³/mol. The second kappa shape index (κ2) is 8.77. The van der Waals surface area contributed by atoms with E-state index in [-0.39, 0.29) is 23.8 Å². The van der Waals surface area contributed by atoms with Crippen molar-refractivity contribution in [3.05, 3.63) is 52.3 Å². The zero-order valence-corrected chi connectivity index (χ0v) is 15.2. The SMILES string of the molecule is CCOC(=O)CCc1cn(-c2ccc(F)cc2)c(=O)c(N2CCOCC2)n1.